The summed E-state index contributed by atoms with van der Waals surface area (Å²) in [5, 5.41) is 0. The Morgan fingerprint density at radius 2 is 1.92 bits per heavy atom. The smallest absolute Gasteiger partial charge is 0.311 e. The first-order chi connectivity index (χ1) is 12.4. The fourth-order valence-electron chi connectivity index (χ4n) is 4.09. The fraction of sp³-hybridized carbons (Fsp3) is 0.450. The minimum atomic E-state index is -3.75. The summed E-state index contributed by atoms with van der Waals surface area (Å²) >= 11 is 0. The molecule has 6 heteroatoms. The molecule has 140 valence electrons. The molecule has 5 nitrogen and oxygen atoms in total. The lowest BCUT2D eigenvalue weighted by Crippen LogP contribution is -2.49. The summed E-state index contributed by atoms with van der Waals surface area (Å²) in [7, 11) is -3.75. The highest BCUT2D eigenvalue weighted by Crippen LogP contribution is 2.47. The number of nitrogens with zero attached hydrogens (tertiary/aromatic N) is 1. The Labute approximate surface area is 155 Å². The first-order valence-corrected chi connectivity index (χ1v) is 10.4. The number of aryl methyl sites for hydroxylation is 1. The Hall–Kier alpha value is -1.92. The van der Waals surface area contributed by atoms with E-state index in [1.165, 1.54) is 4.31 Å². The molecule has 3 rings (SSSR count). The van der Waals surface area contributed by atoms with Gasteiger partial charge >= 0.3 is 5.97 Å². The van der Waals surface area contributed by atoms with Crippen molar-refractivity contribution in [3.63, 3.8) is 0 Å². The summed E-state index contributed by atoms with van der Waals surface area (Å²) in [6.45, 7) is 7.85. The second kappa shape index (κ2) is 7.37. The molecule has 2 aliphatic rings. The lowest BCUT2D eigenvalue weighted by molar-refractivity contribution is -0.150. The van der Waals surface area contributed by atoms with Gasteiger partial charge in [0, 0.05) is 12.6 Å². The maximum atomic E-state index is 13.3. The number of carbonyl (C=O) groups excluding carboxylic acids is 1. The van der Waals surface area contributed by atoms with Crippen LogP contribution in [0.2, 0.25) is 0 Å². The second-order valence-electron chi connectivity index (χ2n) is 6.89. The molecule has 0 aromatic heterocycles. The van der Waals surface area contributed by atoms with E-state index >= 15 is 0 Å². The van der Waals surface area contributed by atoms with E-state index < -0.39 is 22.0 Å². The molecule has 0 amide bonds. The van der Waals surface area contributed by atoms with Gasteiger partial charge in [0.1, 0.15) is 0 Å². The van der Waals surface area contributed by atoms with Crippen LogP contribution in [0, 0.1) is 24.7 Å². The van der Waals surface area contributed by atoms with Crippen LogP contribution in [0.15, 0.2) is 54.0 Å². The molecule has 0 heterocycles. The summed E-state index contributed by atoms with van der Waals surface area (Å²) in [5.74, 6) is -0.730. The van der Waals surface area contributed by atoms with Crippen molar-refractivity contribution in [3.05, 3.63) is 54.6 Å². The molecule has 4 atom stereocenters. The third kappa shape index (κ3) is 3.23. The summed E-state index contributed by atoms with van der Waals surface area (Å²) in [4.78, 5) is 12.8. The molecule has 0 radical (unpaired) electrons. The number of esters is 1. The standard InChI is InChI=1S/C20H25NO4S/c1-4-12-21(26(23,24)17-10-6-14(3)7-11-17)19-16-9-8-15(13-16)18(19)20(22)25-5-2/h4,6-11,15-16,18-19H,1,5,12-13H2,2-3H3. The van der Waals surface area contributed by atoms with Crippen LogP contribution in [0.5, 0.6) is 0 Å². The predicted octanol–water partition coefficient (Wildman–Crippen LogP) is 2.93. The van der Waals surface area contributed by atoms with Crippen molar-refractivity contribution in [3.8, 4) is 0 Å². The Kier molecular flexibility index (Phi) is 5.34. The number of carbonyl (C=O) groups is 1. The van der Waals surface area contributed by atoms with Gasteiger partial charge in [-0.05, 0) is 44.2 Å². The van der Waals surface area contributed by atoms with E-state index in [2.05, 4.69) is 6.58 Å². The normalized spacial score (nSPS) is 27.0. The Balaban J connectivity index is 2.01. The monoisotopic (exact) mass is 375 g/mol. The minimum absolute atomic E-state index is 0.0228. The summed E-state index contributed by atoms with van der Waals surface area (Å²) in [5.41, 5.74) is 0.992. The number of hydrogen-bond acceptors (Lipinski definition) is 4. The third-order valence-corrected chi connectivity index (χ3v) is 7.12. The van der Waals surface area contributed by atoms with Gasteiger partial charge in [0.2, 0.25) is 10.0 Å². The van der Waals surface area contributed by atoms with Crippen molar-refractivity contribution in [2.24, 2.45) is 17.8 Å². The van der Waals surface area contributed by atoms with Gasteiger partial charge in [0.05, 0.1) is 17.4 Å². The van der Waals surface area contributed by atoms with Crippen molar-refractivity contribution in [1.82, 2.24) is 4.31 Å². The molecule has 1 aromatic rings. The molecule has 1 fully saturated rings. The van der Waals surface area contributed by atoms with Crippen molar-refractivity contribution < 1.29 is 17.9 Å². The predicted molar refractivity (Wildman–Crippen MR) is 99.9 cm³/mol. The van der Waals surface area contributed by atoms with Crippen molar-refractivity contribution in [2.45, 2.75) is 31.2 Å². The van der Waals surface area contributed by atoms with E-state index in [0.29, 0.717) is 0 Å². The SMILES string of the molecule is C=CCN(C1C2C=CC(C2)C1C(=O)OCC)S(=O)(=O)c1ccc(C)cc1. The van der Waals surface area contributed by atoms with Gasteiger partial charge in [-0.2, -0.15) is 4.31 Å². The number of rotatable bonds is 7. The largest absolute Gasteiger partial charge is 0.466 e. The average Bonchev–Trinajstić information content (AvgIpc) is 3.21. The number of allylic oxidation sites excluding steroid dienone is 1. The van der Waals surface area contributed by atoms with Gasteiger partial charge < -0.3 is 4.74 Å². The zero-order chi connectivity index (χ0) is 18.9. The maximum absolute atomic E-state index is 13.3. The molecule has 2 bridgehead atoms. The van der Waals surface area contributed by atoms with Crippen LogP contribution in [0.3, 0.4) is 0 Å². The van der Waals surface area contributed by atoms with E-state index in [9.17, 15) is 13.2 Å². The van der Waals surface area contributed by atoms with E-state index in [4.69, 9.17) is 4.74 Å². The van der Waals surface area contributed by atoms with Gasteiger partial charge in [-0.25, -0.2) is 8.42 Å². The highest BCUT2D eigenvalue weighted by Gasteiger charge is 2.53. The number of ether oxygens (including phenoxy) is 1. The van der Waals surface area contributed by atoms with Crippen molar-refractivity contribution >= 4 is 16.0 Å². The molecule has 26 heavy (non-hydrogen) atoms. The lowest BCUT2D eigenvalue weighted by atomic mass is 9.89. The van der Waals surface area contributed by atoms with Gasteiger partial charge in [-0.3, -0.25) is 4.79 Å². The van der Waals surface area contributed by atoms with Crippen molar-refractivity contribution in [2.75, 3.05) is 13.2 Å². The Morgan fingerprint density at radius 3 is 2.54 bits per heavy atom. The molecular weight excluding hydrogens is 350 g/mol. The lowest BCUT2D eigenvalue weighted by Gasteiger charge is -2.35. The first-order valence-electron chi connectivity index (χ1n) is 8.94. The zero-order valence-electron chi connectivity index (χ0n) is 15.2. The van der Waals surface area contributed by atoms with Crippen LogP contribution in [-0.4, -0.2) is 37.9 Å². The van der Waals surface area contributed by atoms with Crippen LogP contribution in [0.1, 0.15) is 18.9 Å². The molecule has 1 saturated carbocycles. The van der Waals surface area contributed by atoms with Crippen LogP contribution in [0.4, 0.5) is 0 Å². The van der Waals surface area contributed by atoms with E-state index in [-0.39, 0.29) is 35.9 Å². The third-order valence-electron chi connectivity index (χ3n) is 5.25. The quantitative estimate of drug-likeness (QED) is 0.543. The van der Waals surface area contributed by atoms with Crippen LogP contribution in [0.25, 0.3) is 0 Å². The van der Waals surface area contributed by atoms with Crippen LogP contribution in [-0.2, 0) is 19.6 Å². The highest BCUT2D eigenvalue weighted by molar-refractivity contribution is 7.89. The van der Waals surface area contributed by atoms with Gasteiger partial charge in [0.15, 0.2) is 0 Å². The number of fused-ring (bicyclic) bond motifs is 2. The van der Waals surface area contributed by atoms with Gasteiger partial charge in [-0.1, -0.05) is 35.9 Å². The Morgan fingerprint density at radius 1 is 1.27 bits per heavy atom. The summed E-state index contributed by atoms with van der Waals surface area (Å²) in [6.07, 6.45) is 6.41. The maximum Gasteiger partial charge on any atom is 0.311 e. The molecule has 0 aliphatic heterocycles. The molecule has 0 N–H and O–H groups in total. The highest BCUT2D eigenvalue weighted by atomic mass is 32.2. The van der Waals surface area contributed by atoms with Gasteiger partial charge in [-0.15, -0.1) is 6.58 Å². The number of hydrogen-bond donors (Lipinski definition) is 0. The van der Waals surface area contributed by atoms with Crippen molar-refractivity contribution in [1.29, 1.82) is 0 Å². The number of sulfonamides is 1. The molecule has 1 aromatic carbocycles. The summed E-state index contributed by atoms with van der Waals surface area (Å²) < 4.78 is 33.3. The minimum Gasteiger partial charge on any atom is -0.466 e. The molecule has 4 unspecified atom stereocenters. The van der Waals surface area contributed by atoms with E-state index in [1.54, 1.807) is 37.3 Å². The van der Waals surface area contributed by atoms with E-state index in [0.717, 1.165) is 12.0 Å². The van der Waals surface area contributed by atoms with Crippen LogP contribution >= 0.6 is 0 Å². The van der Waals surface area contributed by atoms with Crippen LogP contribution < -0.4 is 0 Å². The zero-order valence-corrected chi connectivity index (χ0v) is 16.0. The Bertz CT molecular complexity index is 813. The van der Waals surface area contributed by atoms with Gasteiger partial charge in [0.25, 0.3) is 0 Å². The summed E-state index contributed by atoms with van der Waals surface area (Å²) in [6, 6.07) is 6.35. The fourth-order valence-corrected chi connectivity index (χ4v) is 5.75. The molecule has 0 spiro atoms. The molecule has 2 aliphatic carbocycles. The second-order valence-corrected chi connectivity index (χ2v) is 8.78. The average molecular weight is 375 g/mol. The topological polar surface area (TPSA) is 63.7 Å². The molecule has 0 saturated heterocycles. The number of benzene rings is 1. The van der Waals surface area contributed by atoms with E-state index in [1.807, 2.05) is 19.1 Å². The first kappa shape index (κ1) is 18.9. The molecular formula is C20H25NO4S.